The molecule has 1 saturated heterocycles. The van der Waals surface area contributed by atoms with E-state index >= 15 is 0 Å². The van der Waals surface area contributed by atoms with Gasteiger partial charge in [0.15, 0.2) is 0 Å². The average molecular weight is 310 g/mol. The normalized spacial score (nSPS) is 19.0. The number of piperidine rings is 1. The van der Waals surface area contributed by atoms with Gasteiger partial charge in [-0.2, -0.15) is 0 Å². The zero-order valence-electron chi connectivity index (χ0n) is 12.5. The van der Waals surface area contributed by atoms with E-state index in [0.29, 0.717) is 29.7 Å². The van der Waals surface area contributed by atoms with Gasteiger partial charge in [0, 0.05) is 25.4 Å². The number of carbonyl (C=O) groups excluding carboxylic acids is 1. The maximum atomic E-state index is 12.5. The first-order chi connectivity index (χ1) is 9.97. The lowest BCUT2D eigenvalue weighted by Crippen LogP contribution is -2.39. The van der Waals surface area contributed by atoms with E-state index in [4.69, 9.17) is 5.11 Å². The Morgan fingerprint density at radius 1 is 1.52 bits per heavy atom. The van der Waals surface area contributed by atoms with Crippen LogP contribution in [0.1, 0.15) is 60.1 Å². The molecule has 0 aliphatic carbocycles. The highest BCUT2D eigenvalue weighted by molar-refractivity contribution is 7.13. The van der Waals surface area contributed by atoms with E-state index in [-0.39, 0.29) is 12.3 Å². The molecule has 0 radical (unpaired) electrons. The minimum atomic E-state index is -0.762. The smallest absolute Gasteiger partial charge is 0.303 e. The van der Waals surface area contributed by atoms with Gasteiger partial charge >= 0.3 is 5.97 Å². The van der Waals surface area contributed by atoms with Crippen molar-refractivity contribution >= 4 is 23.2 Å². The molecule has 1 N–H and O–H groups in total. The number of likely N-dealkylation sites (tertiary alicyclic amines) is 1. The summed E-state index contributed by atoms with van der Waals surface area (Å²) in [5, 5.41) is 9.75. The first kappa shape index (κ1) is 15.9. The third kappa shape index (κ3) is 4.27. The number of nitrogens with zero attached hydrogens (tertiary/aromatic N) is 2. The topological polar surface area (TPSA) is 70.5 Å². The first-order valence-electron chi connectivity index (χ1n) is 7.44. The standard InChI is InChI=1S/C15H22N2O3S/c1-10(2)14-16-8-12(21-14)15(20)17-7-3-4-11(9-17)5-6-13(18)19/h8,10-11H,3-7,9H2,1-2H3,(H,18,19). The Morgan fingerprint density at radius 2 is 2.29 bits per heavy atom. The lowest BCUT2D eigenvalue weighted by molar-refractivity contribution is -0.137. The van der Waals surface area contributed by atoms with Gasteiger partial charge in [-0.05, 0) is 25.2 Å². The second-order valence-electron chi connectivity index (χ2n) is 5.91. The van der Waals surface area contributed by atoms with Crippen molar-refractivity contribution in [1.82, 2.24) is 9.88 Å². The monoisotopic (exact) mass is 310 g/mol. The van der Waals surface area contributed by atoms with Crippen molar-refractivity contribution in [3.8, 4) is 0 Å². The lowest BCUT2D eigenvalue weighted by atomic mass is 9.93. The average Bonchev–Trinajstić information content (AvgIpc) is 2.94. The summed E-state index contributed by atoms with van der Waals surface area (Å²) in [7, 11) is 0. The highest BCUT2D eigenvalue weighted by Crippen LogP contribution is 2.26. The molecule has 1 amide bonds. The maximum Gasteiger partial charge on any atom is 0.303 e. The van der Waals surface area contributed by atoms with Crippen LogP contribution in [0, 0.1) is 5.92 Å². The van der Waals surface area contributed by atoms with Gasteiger partial charge in [-0.25, -0.2) is 4.98 Å². The van der Waals surface area contributed by atoms with E-state index in [0.717, 1.165) is 24.4 Å². The molecule has 116 valence electrons. The summed E-state index contributed by atoms with van der Waals surface area (Å²) in [6.45, 7) is 5.56. The third-order valence-electron chi connectivity index (χ3n) is 3.80. The van der Waals surface area contributed by atoms with Gasteiger partial charge < -0.3 is 10.0 Å². The fourth-order valence-electron chi connectivity index (χ4n) is 2.62. The molecule has 1 unspecified atom stereocenters. The lowest BCUT2D eigenvalue weighted by Gasteiger charge is -2.32. The zero-order valence-corrected chi connectivity index (χ0v) is 13.4. The minimum Gasteiger partial charge on any atom is -0.481 e. The molecule has 6 heteroatoms. The van der Waals surface area contributed by atoms with E-state index in [1.807, 2.05) is 4.90 Å². The van der Waals surface area contributed by atoms with E-state index < -0.39 is 5.97 Å². The molecule has 0 spiro atoms. The summed E-state index contributed by atoms with van der Waals surface area (Å²) in [5.41, 5.74) is 0. The van der Waals surface area contributed by atoms with Gasteiger partial charge in [-0.15, -0.1) is 11.3 Å². The van der Waals surface area contributed by atoms with Crippen LogP contribution in [0.2, 0.25) is 0 Å². The molecule has 5 nitrogen and oxygen atoms in total. The van der Waals surface area contributed by atoms with E-state index in [1.54, 1.807) is 6.20 Å². The number of amides is 1. The fraction of sp³-hybridized carbons (Fsp3) is 0.667. The Bertz CT molecular complexity index is 513. The number of carboxylic acids is 1. The number of carbonyl (C=O) groups is 2. The molecular weight excluding hydrogens is 288 g/mol. The number of rotatable bonds is 5. The van der Waals surface area contributed by atoms with Crippen LogP contribution in [-0.2, 0) is 4.79 Å². The Labute approximate surface area is 129 Å². The number of hydrogen-bond donors (Lipinski definition) is 1. The second kappa shape index (κ2) is 7.02. The van der Waals surface area contributed by atoms with Crippen LogP contribution < -0.4 is 0 Å². The van der Waals surface area contributed by atoms with Gasteiger partial charge in [0.05, 0.1) is 11.2 Å². The Morgan fingerprint density at radius 3 is 2.90 bits per heavy atom. The van der Waals surface area contributed by atoms with Gasteiger partial charge in [0.1, 0.15) is 4.88 Å². The van der Waals surface area contributed by atoms with Crippen molar-refractivity contribution < 1.29 is 14.7 Å². The van der Waals surface area contributed by atoms with Crippen molar-refractivity contribution in [1.29, 1.82) is 0 Å². The van der Waals surface area contributed by atoms with Crippen molar-refractivity contribution in [2.45, 2.75) is 45.4 Å². The SMILES string of the molecule is CC(C)c1ncc(C(=O)N2CCCC(CCC(=O)O)C2)s1. The zero-order chi connectivity index (χ0) is 15.4. The molecule has 1 atom stereocenters. The molecule has 0 bridgehead atoms. The molecule has 2 rings (SSSR count). The van der Waals surface area contributed by atoms with Crippen LogP contribution >= 0.6 is 11.3 Å². The summed E-state index contributed by atoms with van der Waals surface area (Å²) in [5.74, 6) is -0.0839. The van der Waals surface area contributed by atoms with Crippen molar-refractivity contribution in [2.75, 3.05) is 13.1 Å². The number of aromatic nitrogens is 1. The van der Waals surface area contributed by atoms with Crippen molar-refractivity contribution in [2.24, 2.45) is 5.92 Å². The van der Waals surface area contributed by atoms with Crippen LogP contribution in [-0.4, -0.2) is 40.0 Å². The molecule has 2 heterocycles. The molecular formula is C15H22N2O3S. The summed E-state index contributed by atoms with van der Waals surface area (Å²) in [4.78, 5) is 30.0. The van der Waals surface area contributed by atoms with Gasteiger partial charge in [0.25, 0.3) is 5.91 Å². The molecule has 1 fully saturated rings. The Kier molecular flexibility index (Phi) is 5.33. The fourth-order valence-corrected chi connectivity index (χ4v) is 3.51. The molecule has 21 heavy (non-hydrogen) atoms. The first-order valence-corrected chi connectivity index (χ1v) is 8.25. The predicted octanol–water partition coefficient (Wildman–Crippen LogP) is 2.98. The van der Waals surface area contributed by atoms with Crippen LogP contribution in [0.25, 0.3) is 0 Å². The van der Waals surface area contributed by atoms with E-state index in [1.165, 1.54) is 11.3 Å². The van der Waals surface area contributed by atoms with Crippen LogP contribution in [0.5, 0.6) is 0 Å². The van der Waals surface area contributed by atoms with Crippen molar-refractivity contribution in [3.63, 3.8) is 0 Å². The molecule has 1 aliphatic rings. The van der Waals surface area contributed by atoms with Gasteiger partial charge in [-0.1, -0.05) is 13.8 Å². The number of carboxylic acid groups (broad SMARTS) is 1. The molecule has 1 aromatic heterocycles. The summed E-state index contributed by atoms with van der Waals surface area (Å²) >= 11 is 1.47. The largest absolute Gasteiger partial charge is 0.481 e. The predicted molar refractivity (Wildman–Crippen MR) is 81.7 cm³/mol. The highest BCUT2D eigenvalue weighted by atomic mass is 32.1. The Balaban J connectivity index is 1.96. The highest BCUT2D eigenvalue weighted by Gasteiger charge is 2.26. The van der Waals surface area contributed by atoms with E-state index in [9.17, 15) is 9.59 Å². The van der Waals surface area contributed by atoms with Gasteiger partial charge in [0.2, 0.25) is 0 Å². The number of hydrogen-bond acceptors (Lipinski definition) is 4. The summed E-state index contributed by atoms with van der Waals surface area (Å²) in [6, 6.07) is 0. The third-order valence-corrected chi connectivity index (χ3v) is 5.09. The molecule has 1 aromatic rings. The summed E-state index contributed by atoms with van der Waals surface area (Å²) < 4.78 is 0. The summed E-state index contributed by atoms with van der Waals surface area (Å²) in [6.07, 6.45) is 4.47. The van der Waals surface area contributed by atoms with E-state index in [2.05, 4.69) is 18.8 Å². The Hall–Kier alpha value is -1.43. The van der Waals surface area contributed by atoms with Crippen LogP contribution in [0.3, 0.4) is 0 Å². The van der Waals surface area contributed by atoms with Gasteiger partial charge in [-0.3, -0.25) is 9.59 Å². The maximum absolute atomic E-state index is 12.5. The molecule has 0 saturated carbocycles. The molecule has 1 aliphatic heterocycles. The van der Waals surface area contributed by atoms with Crippen LogP contribution in [0.4, 0.5) is 0 Å². The number of aliphatic carboxylic acids is 1. The second-order valence-corrected chi connectivity index (χ2v) is 6.97. The quantitative estimate of drug-likeness (QED) is 0.907. The minimum absolute atomic E-state index is 0.0411. The van der Waals surface area contributed by atoms with Crippen LogP contribution in [0.15, 0.2) is 6.20 Å². The number of thiazole rings is 1. The molecule has 0 aromatic carbocycles. The van der Waals surface area contributed by atoms with Crippen molar-refractivity contribution in [3.05, 3.63) is 16.1 Å².